The van der Waals surface area contributed by atoms with Crippen LogP contribution in [0, 0.1) is 0 Å². The summed E-state index contributed by atoms with van der Waals surface area (Å²) in [7, 11) is 0. The number of nitrogens with one attached hydrogen (secondary N) is 1. The monoisotopic (exact) mass is 303 g/mol. The van der Waals surface area contributed by atoms with Crippen molar-refractivity contribution in [3.8, 4) is 11.5 Å². The van der Waals surface area contributed by atoms with E-state index in [2.05, 4.69) is 18.3 Å². The van der Waals surface area contributed by atoms with Crippen molar-refractivity contribution in [2.45, 2.75) is 31.8 Å². The molecule has 3 rings (SSSR count). The standard InChI is InChI=1S/C17H21NO4/c1-12(18-14(10-19)15-3-2-8-20-15)4-5-13-6-7-16-17(9-13)22-11-21-16/h2-3,6-9,12,14,18-19H,4-5,10-11H2,1H3. The maximum atomic E-state index is 9.48. The molecule has 0 radical (unpaired) electrons. The van der Waals surface area contributed by atoms with Crippen LogP contribution in [0.3, 0.4) is 0 Å². The van der Waals surface area contributed by atoms with E-state index in [1.54, 1.807) is 6.26 Å². The van der Waals surface area contributed by atoms with Gasteiger partial charge in [-0.2, -0.15) is 0 Å². The Labute approximate surface area is 129 Å². The molecule has 0 aliphatic carbocycles. The Balaban J connectivity index is 1.52. The summed E-state index contributed by atoms with van der Waals surface area (Å²) in [5, 5.41) is 12.9. The van der Waals surface area contributed by atoms with Gasteiger partial charge in [-0.1, -0.05) is 6.07 Å². The van der Waals surface area contributed by atoms with Gasteiger partial charge in [0, 0.05) is 6.04 Å². The zero-order chi connectivity index (χ0) is 15.4. The summed E-state index contributed by atoms with van der Waals surface area (Å²) in [5.41, 5.74) is 1.22. The highest BCUT2D eigenvalue weighted by molar-refractivity contribution is 5.44. The van der Waals surface area contributed by atoms with Crippen LogP contribution in [0.5, 0.6) is 11.5 Å². The summed E-state index contributed by atoms with van der Waals surface area (Å²) in [6.07, 6.45) is 3.51. The Morgan fingerprint density at radius 2 is 2.09 bits per heavy atom. The maximum Gasteiger partial charge on any atom is 0.231 e. The Morgan fingerprint density at radius 3 is 2.86 bits per heavy atom. The van der Waals surface area contributed by atoms with Gasteiger partial charge in [0.2, 0.25) is 6.79 Å². The van der Waals surface area contributed by atoms with Gasteiger partial charge in [0.05, 0.1) is 18.9 Å². The van der Waals surface area contributed by atoms with Gasteiger partial charge in [0.25, 0.3) is 0 Å². The Kier molecular flexibility index (Phi) is 4.65. The van der Waals surface area contributed by atoms with Crippen LogP contribution in [-0.4, -0.2) is 24.5 Å². The Morgan fingerprint density at radius 1 is 1.23 bits per heavy atom. The number of hydrogen-bond acceptors (Lipinski definition) is 5. The minimum Gasteiger partial charge on any atom is -0.468 e. The van der Waals surface area contributed by atoms with Crippen LogP contribution in [0.15, 0.2) is 41.0 Å². The molecule has 5 nitrogen and oxygen atoms in total. The molecule has 1 aliphatic rings. The van der Waals surface area contributed by atoms with Crippen LogP contribution in [-0.2, 0) is 6.42 Å². The molecule has 2 unspecified atom stereocenters. The lowest BCUT2D eigenvalue weighted by Crippen LogP contribution is -2.32. The van der Waals surface area contributed by atoms with E-state index in [1.807, 2.05) is 24.3 Å². The van der Waals surface area contributed by atoms with Crippen LogP contribution >= 0.6 is 0 Å². The largest absolute Gasteiger partial charge is 0.468 e. The second kappa shape index (κ2) is 6.85. The molecule has 2 heterocycles. The molecule has 22 heavy (non-hydrogen) atoms. The first-order valence-electron chi connectivity index (χ1n) is 7.55. The second-order valence-corrected chi connectivity index (χ2v) is 5.54. The molecule has 2 aromatic rings. The van der Waals surface area contributed by atoms with Crippen molar-refractivity contribution in [3.05, 3.63) is 47.9 Å². The molecular weight excluding hydrogens is 282 g/mol. The molecular formula is C17H21NO4. The number of rotatable bonds is 7. The fourth-order valence-electron chi connectivity index (χ4n) is 2.62. The van der Waals surface area contributed by atoms with Gasteiger partial charge in [0.1, 0.15) is 5.76 Å². The van der Waals surface area contributed by atoms with E-state index in [-0.39, 0.29) is 18.7 Å². The quantitative estimate of drug-likeness (QED) is 0.823. The number of ether oxygens (including phenoxy) is 2. The van der Waals surface area contributed by atoms with Crippen LogP contribution in [0.4, 0.5) is 0 Å². The smallest absolute Gasteiger partial charge is 0.231 e. The van der Waals surface area contributed by atoms with Crippen molar-refractivity contribution in [1.29, 1.82) is 0 Å². The fourth-order valence-corrected chi connectivity index (χ4v) is 2.62. The van der Waals surface area contributed by atoms with Gasteiger partial charge in [-0.3, -0.25) is 0 Å². The van der Waals surface area contributed by atoms with E-state index in [9.17, 15) is 5.11 Å². The minimum absolute atomic E-state index is 0.0158. The molecule has 5 heteroatoms. The molecule has 0 spiro atoms. The Bertz CT molecular complexity index is 597. The van der Waals surface area contributed by atoms with Gasteiger partial charge in [0.15, 0.2) is 11.5 Å². The summed E-state index contributed by atoms with van der Waals surface area (Å²) in [6, 6.07) is 9.85. The van der Waals surface area contributed by atoms with E-state index in [1.165, 1.54) is 5.56 Å². The number of aliphatic hydroxyl groups excluding tert-OH is 1. The highest BCUT2D eigenvalue weighted by atomic mass is 16.7. The molecule has 1 aromatic heterocycles. The highest BCUT2D eigenvalue weighted by Crippen LogP contribution is 2.32. The first kappa shape index (κ1) is 14.9. The SMILES string of the molecule is CC(CCc1ccc2c(c1)OCO2)NC(CO)c1ccco1. The number of fused-ring (bicyclic) bond motifs is 1. The van der Waals surface area contributed by atoms with E-state index >= 15 is 0 Å². The molecule has 118 valence electrons. The van der Waals surface area contributed by atoms with Crippen LogP contribution in [0.25, 0.3) is 0 Å². The molecule has 0 saturated heterocycles. The highest BCUT2D eigenvalue weighted by Gasteiger charge is 2.17. The summed E-state index contributed by atoms with van der Waals surface area (Å²) in [5.74, 6) is 2.40. The lowest BCUT2D eigenvalue weighted by molar-refractivity contribution is 0.174. The van der Waals surface area contributed by atoms with E-state index in [0.717, 1.165) is 30.1 Å². The molecule has 1 aromatic carbocycles. The van der Waals surface area contributed by atoms with E-state index in [0.29, 0.717) is 6.79 Å². The van der Waals surface area contributed by atoms with E-state index < -0.39 is 0 Å². The van der Waals surface area contributed by atoms with Crippen LogP contribution < -0.4 is 14.8 Å². The zero-order valence-electron chi connectivity index (χ0n) is 12.6. The van der Waals surface area contributed by atoms with Crippen LogP contribution in [0.1, 0.15) is 30.7 Å². The van der Waals surface area contributed by atoms with Crippen LogP contribution in [0.2, 0.25) is 0 Å². The van der Waals surface area contributed by atoms with Gasteiger partial charge in [-0.05, 0) is 49.6 Å². The fraction of sp³-hybridized carbons (Fsp3) is 0.412. The predicted molar refractivity (Wildman–Crippen MR) is 82.0 cm³/mol. The molecule has 0 amide bonds. The van der Waals surface area contributed by atoms with Gasteiger partial charge in [-0.15, -0.1) is 0 Å². The second-order valence-electron chi connectivity index (χ2n) is 5.54. The van der Waals surface area contributed by atoms with Crippen molar-refractivity contribution in [2.24, 2.45) is 0 Å². The van der Waals surface area contributed by atoms with Crippen molar-refractivity contribution < 1.29 is 19.0 Å². The average molecular weight is 303 g/mol. The van der Waals surface area contributed by atoms with Gasteiger partial charge < -0.3 is 24.3 Å². The Hall–Kier alpha value is -1.98. The van der Waals surface area contributed by atoms with Gasteiger partial charge in [-0.25, -0.2) is 0 Å². The lowest BCUT2D eigenvalue weighted by atomic mass is 10.0. The number of hydrogen-bond donors (Lipinski definition) is 2. The number of benzene rings is 1. The third-order valence-electron chi connectivity index (χ3n) is 3.86. The molecule has 0 saturated carbocycles. The molecule has 0 bridgehead atoms. The first-order chi connectivity index (χ1) is 10.8. The minimum atomic E-state index is -0.165. The van der Waals surface area contributed by atoms with E-state index in [4.69, 9.17) is 13.9 Å². The van der Waals surface area contributed by atoms with Crippen molar-refractivity contribution in [1.82, 2.24) is 5.32 Å². The van der Waals surface area contributed by atoms with Gasteiger partial charge >= 0.3 is 0 Å². The topological polar surface area (TPSA) is 63.9 Å². The third-order valence-corrected chi connectivity index (χ3v) is 3.86. The lowest BCUT2D eigenvalue weighted by Gasteiger charge is -2.20. The first-order valence-corrected chi connectivity index (χ1v) is 7.55. The average Bonchev–Trinajstić information content (AvgIpc) is 3.21. The summed E-state index contributed by atoms with van der Waals surface area (Å²) >= 11 is 0. The zero-order valence-corrected chi connectivity index (χ0v) is 12.6. The number of furan rings is 1. The normalized spacial score (nSPS) is 15.7. The number of aryl methyl sites for hydroxylation is 1. The van der Waals surface area contributed by atoms with Crippen molar-refractivity contribution in [2.75, 3.05) is 13.4 Å². The molecule has 2 N–H and O–H groups in total. The molecule has 1 aliphatic heterocycles. The molecule has 0 fully saturated rings. The predicted octanol–water partition coefficient (Wildman–Crippen LogP) is 2.65. The molecule has 2 atom stereocenters. The van der Waals surface area contributed by atoms with Crippen molar-refractivity contribution >= 4 is 0 Å². The third kappa shape index (κ3) is 3.43. The maximum absolute atomic E-state index is 9.48. The number of aliphatic hydroxyl groups is 1. The van der Waals surface area contributed by atoms with Crippen molar-refractivity contribution in [3.63, 3.8) is 0 Å². The summed E-state index contributed by atoms with van der Waals surface area (Å²) < 4.78 is 16.1. The summed E-state index contributed by atoms with van der Waals surface area (Å²) in [6.45, 7) is 2.43. The summed E-state index contributed by atoms with van der Waals surface area (Å²) in [4.78, 5) is 0.